The Morgan fingerprint density at radius 3 is 2.41 bits per heavy atom. The van der Waals surface area contributed by atoms with Gasteiger partial charge in [-0.05, 0) is 43.4 Å². The number of phenols is 3. The second-order valence-corrected chi connectivity index (χ2v) is 7.12. The number of unbranched alkanes of at least 4 members (excludes halogenated alkanes) is 3. The van der Waals surface area contributed by atoms with Crippen LogP contribution in [0, 0.1) is 5.82 Å². The number of ether oxygens (including phenoxy) is 1. The highest BCUT2D eigenvalue weighted by molar-refractivity contribution is 5.60. The highest BCUT2D eigenvalue weighted by atomic mass is 19.1. The number of carbonyl (C=O) groups excluding carboxylic acids is 1. The van der Waals surface area contributed by atoms with E-state index >= 15 is 0 Å². The van der Waals surface area contributed by atoms with Crippen LogP contribution in [0.15, 0.2) is 24.3 Å². The Morgan fingerprint density at radius 1 is 0.966 bits per heavy atom. The van der Waals surface area contributed by atoms with E-state index in [4.69, 9.17) is 4.74 Å². The Bertz CT molecular complexity index is 819. The summed E-state index contributed by atoms with van der Waals surface area (Å²) in [5.74, 6) is -0.461. The number of hydrogen-bond donors (Lipinski definition) is 3. The van der Waals surface area contributed by atoms with Gasteiger partial charge in [-0.3, -0.25) is 0 Å². The fraction of sp³-hybridized carbons (Fsp3) is 0.435. The molecule has 0 atom stereocenters. The summed E-state index contributed by atoms with van der Waals surface area (Å²) >= 11 is 0. The Kier molecular flexibility index (Phi) is 8.77. The monoisotopic (exact) mass is 404 g/mol. The van der Waals surface area contributed by atoms with Gasteiger partial charge >= 0.3 is 0 Å². The molecule has 0 saturated carbocycles. The van der Waals surface area contributed by atoms with Crippen molar-refractivity contribution in [3.05, 3.63) is 46.8 Å². The first-order valence-electron chi connectivity index (χ1n) is 10.1. The molecule has 0 radical (unpaired) electrons. The second kappa shape index (κ2) is 11.3. The van der Waals surface area contributed by atoms with Crippen LogP contribution in [0.2, 0.25) is 0 Å². The van der Waals surface area contributed by atoms with Gasteiger partial charge in [-0.1, -0.05) is 32.3 Å². The van der Waals surface area contributed by atoms with Crippen LogP contribution in [-0.4, -0.2) is 28.2 Å². The summed E-state index contributed by atoms with van der Waals surface area (Å²) < 4.78 is 19.6. The summed E-state index contributed by atoms with van der Waals surface area (Å²) in [7, 11) is 0. The number of rotatable bonds is 12. The zero-order valence-electron chi connectivity index (χ0n) is 16.8. The molecule has 29 heavy (non-hydrogen) atoms. The third-order valence-corrected chi connectivity index (χ3v) is 4.87. The van der Waals surface area contributed by atoms with Crippen molar-refractivity contribution in [3.8, 4) is 23.0 Å². The molecule has 5 nitrogen and oxygen atoms in total. The molecule has 2 aromatic carbocycles. The largest absolute Gasteiger partial charge is 0.507 e. The van der Waals surface area contributed by atoms with Crippen molar-refractivity contribution in [2.75, 3.05) is 6.61 Å². The number of carbonyl (C=O) groups is 1. The van der Waals surface area contributed by atoms with Crippen LogP contribution >= 0.6 is 0 Å². The van der Waals surface area contributed by atoms with Gasteiger partial charge in [-0.2, -0.15) is 0 Å². The van der Waals surface area contributed by atoms with Crippen molar-refractivity contribution in [3.63, 3.8) is 0 Å². The average Bonchev–Trinajstić information content (AvgIpc) is 2.69. The van der Waals surface area contributed by atoms with E-state index in [-0.39, 0.29) is 17.9 Å². The molecule has 2 aromatic rings. The van der Waals surface area contributed by atoms with Crippen molar-refractivity contribution < 1.29 is 29.2 Å². The van der Waals surface area contributed by atoms with Gasteiger partial charge in [0.25, 0.3) is 0 Å². The normalized spacial score (nSPS) is 10.8. The number of phenolic OH excluding ortho intramolecular Hbond substituents is 3. The third-order valence-electron chi connectivity index (χ3n) is 4.87. The summed E-state index contributed by atoms with van der Waals surface area (Å²) in [5, 5.41) is 29.1. The van der Waals surface area contributed by atoms with Crippen LogP contribution in [-0.2, 0) is 24.1 Å². The van der Waals surface area contributed by atoms with E-state index in [1.54, 1.807) is 6.07 Å². The zero-order chi connectivity index (χ0) is 21.2. The number of hydrogen-bond acceptors (Lipinski definition) is 5. The summed E-state index contributed by atoms with van der Waals surface area (Å²) in [6, 6.07) is 5.73. The molecule has 0 spiro atoms. The predicted molar refractivity (Wildman–Crippen MR) is 109 cm³/mol. The third kappa shape index (κ3) is 6.38. The van der Waals surface area contributed by atoms with Gasteiger partial charge < -0.3 is 24.9 Å². The molecule has 0 aromatic heterocycles. The first-order chi connectivity index (χ1) is 14.0. The number of benzene rings is 2. The maximum absolute atomic E-state index is 13.7. The van der Waals surface area contributed by atoms with E-state index in [2.05, 4.69) is 0 Å². The van der Waals surface area contributed by atoms with E-state index in [1.165, 1.54) is 6.07 Å². The predicted octanol–water partition coefficient (Wildman–Crippen LogP) is 4.82. The number of aromatic hydroxyl groups is 3. The molecular formula is C23H29FO5. The van der Waals surface area contributed by atoms with E-state index in [9.17, 15) is 24.5 Å². The van der Waals surface area contributed by atoms with Crippen LogP contribution in [0.5, 0.6) is 23.0 Å². The van der Waals surface area contributed by atoms with Crippen molar-refractivity contribution in [2.45, 2.75) is 58.3 Å². The SMILES string of the molecule is CCCc1c(OCCCCCCc2cc(O)c(O)cc2F)ccc(CC=O)c1O. The lowest BCUT2D eigenvalue weighted by molar-refractivity contribution is -0.107. The molecule has 3 N–H and O–H groups in total. The van der Waals surface area contributed by atoms with Crippen molar-refractivity contribution in [1.82, 2.24) is 0 Å². The van der Waals surface area contributed by atoms with E-state index in [0.717, 1.165) is 50.0 Å². The van der Waals surface area contributed by atoms with Gasteiger partial charge in [0.2, 0.25) is 0 Å². The highest BCUT2D eigenvalue weighted by Crippen LogP contribution is 2.33. The molecule has 0 saturated heterocycles. The van der Waals surface area contributed by atoms with Gasteiger partial charge in [0, 0.05) is 23.6 Å². The van der Waals surface area contributed by atoms with Crippen LogP contribution in [0.1, 0.15) is 55.7 Å². The lowest BCUT2D eigenvalue weighted by atomic mass is 10.0. The van der Waals surface area contributed by atoms with Gasteiger partial charge in [-0.15, -0.1) is 0 Å². The van der Waals surface area contributed by atoms with E-state index in [1.807, 2.05) is 13.0 Å². The van der Waals surface area contributed by atoms with Gasteiger partial charge in [0.05, 0.1) is 6.61 Å². The molecule has 0 unspecified atom stereocenters. The highest BCUT2D eigenvalue weighted by Gasteiger charge is 2.13. The summed E-state index contributed by atoms with van der Waals surface area (Å²) in [4.78, 5) is 10.7. The minimum absolute atomic E-state index is 0.149. The molecule has 158 valence electrons. The summed E-state index contributed by atoms with van der Waals surface area (Å²) in [6.45, 7) is 2.53. The Balaban J connectivity index is 1.77. The lowest BCUT2D eigenvalue weighted by Crippen LogP contribution is -2.02. The molecule has 0 aliphatic heterocycles. The van der Waals surface area contributed by atoms with E-state index in [0.29, 0.717) is 36.3 Å². The fourth-order valence-corrected chi connectivity index (χ4v) is 3.29. The first kappa shape index (κ1) is 22.5. The first-order valence-corrected chi connectivity index (χ1v) is 10.1. The van der Waals surface area contributed by atoms with Crippen LogP contribution in [0.25, 0.3) is 0 Å². The number of aryl methyl sites for hydroxylation is 1. The Morgan fingerprint density at radius 2 is 1.69 bits per heavy atom. The van der Waals surface area contributed by atoms with Gasteiger partial charge in [0.15, 0.2) is 11.5 Å². The molecule has 0 fully saturated rings. The molecule has 6 heteroatoms. The van der Waals surface area contributed by atoms with Crippen LogP contribution in [0.4, 0.5) is 4.39 Å². The minimum atomic E-state index is -0.509. The molecule has 0 amide bonds. The average molecular weight is 404 g/mol. The fourth-order valence-electron chi connectivity index (χ4n) is 3.29. The molecule has 2 rings (SSSR count). The smallest absolute Gasteiger partial charge is 0.160 e. The maximum Gasteiger partial charge on any atom is 0.160 e. The quantitative estimate of drug-likeness (QED) is 0.268. The van der Waals surface area contributed by atoms with Crippen LogP contribution in [0.3, 0.4) is 0 Å². The molecule has 0 bridgehead atoms. The van der Waals surface area contributed by atoms with Crippen molar-refractivity contribution in [2.24, 2.45) is 0 Å². The number of aldehydes is 1. The summed E-state index contributed by atoms with van der Waals surface area (Å²) in [5.41, 5.74) is 1.75. The summed E-state index contributed by atoms with van der Waals surface area (Å²) in [6.07, 6.45) is 6.37. The zero-order valence-corrected chi connectivity index (χ0v) is 16.8. The minimum Gasteiger partial charge on any atom is -0.507 e. The maximum atomic E-state index is 13.7. The molecule has 0 aliphatic carbocycles. The van der Waals surface area contributed by atoms with Crippen molar-refractivity contribution in [1.29, 1.82) is 0 Å². The standard InChI is InChI=1S/C23H29FO5/c1-2-7-18-22(10-9-16(11-12-25)23(18)28)29-13-6-4-3-5-8-17-14-20(26)21(27)15-19(17)24/h9-10,12,14-15,26-28H,2-8,11,13H2,1H3. The van der Waals surface area contributed by atoms with Gasteiger partial charge in [-0.25, -0.2) is 4.39 Å². The lowest BCUT2D eigenvalue weighted by Gasteiger charge is -2.15. The molecular weight excluding hydrogens is 375 g/mol. The van der Waals surface area contributed by atoms with Crippen molar-refractivity contribution >= 4 is 6.29 Å². The Hall–Kier alpha value is -2.76. The van der Waals surface area contributed by atoms with E-state index < -0.39 is 11.6 Å². The number of halogens is 1. The second-order valence-electron chi connectivity index (χ2n) is 7.12. The topological polar surface area (TPSA) is 87.0 Å². The van der Waals surface area contributed by atoms with Gasteiger partial charge in [0.1, 0.15) is 23.6 Å². The Labute approximate surface area is 170 Å². The van der Waals surface area contributed by atoms with Crippen LogP contribution < -0.4 is 4.74 Å². The molecule has 0 heterocycles. The molecule has 0 aliphatic rings.